The first-order valence-electron chi connectivity index (χ1n) is 16.8. The Morgan fingerprint density at radius 3 is 1.32 bits per heavy atom. The first-order valence-corrected chi connectivity index (χ1v) is 16.8. The highest BCUT2D eigenvalue weighted by atomic mass is 15.1. The molecule has 0 atom stereocenters. The predicted molar refractivity (Wildman–Crippen MR) is 205 cm³/mol. The van der Waals surface area contributed by atoms with Gasteiger partial charge in [-0.05, 0) is 42.5 Å². The highest BCUT2D eigenvalue weighted by Gasteiger charge is 2.25. The number of para-hydroxylation sites is 4. The number of rotatable bonds is 5. The van der Waals surface area contributed by atoms with Crippen molar-refractivity contribution in [2.45, 2.75) is 0 Å². The maximum Gasteiger partial charge on any atom is 0.166 e. The number of benzene rings is 7. The normalized spacial score (nSPS) is 11.6. The standard InChI is InChI=1S/C45H29N5/c1-4-16-30(17-5-1)43-46-44(31-18-6-2-7-19-31)48-45(47-43)42-40(50-36-25-13-10-22-33(36)34-23-11-14-26-37(34)50)29-28-39-41(42)35-24-12-15-27-38(35)49(39)32-20-8-3-9-21-32/h1-29H. The molecule has 7 aromatic carbocycles. The molecule has 0 saturated carbocycles. The van der Waals surface area contributed by atoms with Crippen molar-refractivity contribution in [3.8, 4) is 45.5 Å². The molecule has 0 aliphatic rings. The van der Waals surface area contributed by atoms with Crippen molar-refractivity contribution < 1.29 is 0 Å². The van der Waals surface area contributed by atoms with E-state index in [9.17, 15) is 0 Å². The minimum atomic E-state index is 0.621. The number of aromatic nitrogens is 5. The van der Waals surface area contributed by atoms with E-state index < -0.39 is 0 Å². The van der Waals surface area contributed by atoms with E-state index in [4.69, 9.17) is 15.0 Å². The second-order valence-electron chi connectivity index (χ2n) is 12.4. The van der Waals surface area contributed by atoms with Crippen molar-refractivity contribution in [1.82, 2.24) is 24.1 Å². The fourth-order valence-electron chi connectivity index (χ4n) is 7.42. The quantitative estimate of drug-likeness (QED) is 0.188. The van der Waals surface area contributed by atoms with E-state index in [1.165, 1.54) is 10.8 Å². The first kappa shape index (κ1) is 28.2. The van der Waals surface area contributed by atoms with E-state index in [0.717, 1.165) is 60.9 Å². The molecule has 50 heavy (non-hydrogen) atoms. The summed E-state index contributed by atoms with van der Waals surface area (Å²) in [6.45, 7) is 0. The van der Waals surface area contributed by atoms with Crippen LogP contribution in [0.2, 0.25) is 0 Å². The van der Waals surface area contributed by atoms with Crippen molar-refractivity contribution in [3.05, 3.63) is 176 Å². The Labute approximate surface area is 288 Å². The lowest BCUT2D eigenvalue weighted by Gasteiger charge is -2.17. The minimum Gasteiger partial charge on any atom is -0.309 e. The summed E-state index contributed by atoms with van der Waals surface area (Å²) in [7, 11) is 0. The van der Waals surface area contributed by atoms with Crippen molar-refractivity contribution in [2.24, 2.45) is 0 Å². The summed E-state index contributed by atoms with van der Waals surface area (Å²) < 4.78 is 4.73. The Hall–Kier alpha value is -6.85. The maximum atomic E-state index is 5.32. The number of fused-ring (bicyclic) bond motifs is 6. The van der Waals surface area contributed by atoms with Crippen LogP contribution in [-0.2, 0) is 0 Å². The Morgan fingerprint density at radius 1 is 0.320 bits per heavy atom. The van der Waals surface area contributed by atoms with Crippen LogP contribution in [-0.4, -0.2) is 24.1 Å². The van der Waals surface area contributed by atoms with Crippen molar-refractivity contribution in [1.29, 1.82) is 0 Å². The van der Waals surface area contributed by atoms with Gasteiger partial charge in [0.25, 0.3) is 0 Å². The van der Waals surface area contributed by atoms with E-state index >= 15 is 0 Å². The van der Waals surface area contributed by atoms with Gasteiger partial charge in [-0.1, -0.05) is 133 Å². The van der Waals surface area contributed by atoms with Gasteiger partial charge in [-0.2, -0.15) is 0 Å². The fraction of sp³-hybridized carbons (Fsp3) is 0. The van der Waals surface area contributed by atoms with Gasteiger partial charge in [0.05, 0.1) is 33.3 Å². The molecule has 0 radical (unpaired) electrons. The summed E-state index contributed by atoms with van der Waals surface area (Å²) in [6.07, 6.45) is 0. The average Bonchev–Trinajstić information content (AvgIpc) is 3.71. The molecule has 0 fully saturated rings. The summed E-state index contributed by atoms with van der Waals surface area (Å²) in [5.74, 6) is 1.88. The summed E-state index contributed by atoms with van der Waals surface area (Å²) in [6, 6.07) is 61.3. The van der Waals surface area contributed by atoms with E-state index in [0.29, 0.717) is 17.5 Å². The monoisotopic (exact) mass is 639 g/mol. The molecular weight excluding hydrogens is 611 g/mol. The molecule has 0 saturated heterocycles. The number of hydrogen-bond acceptors (Lipinski definition) is 3. The Morgan fingerprint density at radius 2 is 0.760 bits per heavy atom. The molecule has 0 spiro atoms. The third-order valence-electron chi connectivity index (χ3n) is 9.57. The lowest BCUT2D eigenvalue weighted by Crippen LogP contribution is -2.04. The summed E-state index contributed by atoms with van der Waals surface area (Å²) >= 11 is 0. The van der Waals surface area contributed by atoms with Crippen molar-refractivity contribution >= 4 is 43.6 Å². The third-order valence-corrected chi connectivity index (χ3v) is 9.57. The zero-order valence-corrected chi connectivity index (χ0v) is 27.0. The molecule has 0 unspecified atom stereocenters. The third kappa shape index (κ3) is 4.37. The molecule has 0 aliphatic carbocycles. The average molecular weight is 640 g/mol. The lowest BCUT2D eigenvalue weighted by molar-refractivity contribution is 1.07. The Balaban J connectivity index is 1.40. The molecule has 0 N–H and O–H groups in total. The number of hydrogen-bond donors (Lipinski definition) is 0. The van der Waals surface area contributed by atoms with E-state index in [1.807, 2.05) is 36.4 Å². The van der Waals surface area contributed by atoms with Gasteiger partial charge < -0.3 is 9.13 Å². The maximum absolute atomic E-state index is 5.32. The van der Waals surface area contributed by atoms with Gasteiger partial charge in [0, 0.05) is 38.4 Å². The van der Waals surface area contributed by atoms with Crippen LogP contribution >= 0.6 is 0 Å². The van der Waals surface area contributed by atoms with Gasteiger partial charge in [-0.3, -0.25) is 0 Å². The molecule has 3 heterocycles. The highest BCUT2D eigenvalue weighted by Crippen LogP contribution is 2.43. The molecule has 0 aliphatic heterocycles. The molecule has 5 nitrogen and oxygen atoms in total. The zero-order chi connectivity index (χ0) is 33.0. The molecule has 0 bridgehead atoms. The largest absolute Gasteiger partial charge is 0.309 e. The van der Waals surface area contributed by atoms with Crippen LogP contribution in [0.15, 0.2) is 176 Å². The van der Waals surface area contributed by atoms with E-state index in [1.54, 1.807) is 0 Å². The summed E-state index contributed by atoms with van der Waals surface area (Å²) in [5, 5.41) is 4.62. The second-order valence-corrected chi connectivity index (χ2v) is 12.4. The molecule has 5 heteroatoms. The molecule has 10 rings (SSSR count). The topological polar surface area (TPSA) is 48.5 Å². The van der Waals surface area contributed by atoms with Gasteiger partial charge in [-0.15, -0.1) is 0 Å². The Bertz CT molecular complexity index is 2740. The van der Waals surface area contributed by atoms with E-state index in [2.05, 4.69) is 149 Å². The van der Waals surface area contributed by atoms with Crippen LogP contribution in [0, 0.1) is 0 Å². The smallest absolute Gasteiger partial charge is 0.166 e. The van der Waals surface area contributed by atoms with Gasteiger partial charge in [0.1, 0.15) is 0 Å². The molecule has 10 aromatic rings. The van der Waals surface area contributed by atoms with Gasteiger partial charge in [-0.25, -0.2) is 15.0 Å². The minimum absolute atomic E-state index is 0.621. The van der Waals surface area contributed by atoms with Crippen LogP contribution in [0.4, 0.5) is 0 Å². The van der Waals surface area contributed by atoms with Crippen LogP contribution in [0.1, 0.15) is 0 Å². The highest BCUT2D eigenvalue weighted by molar-refractivity contribution is 6.18. The van der Waals surface area contributed by atoms with Crippen LogP contribution < -0.4 is 0 Å². The summed E-state index contributed by atoms with van der Waals surface area (Å²) in [5.41, 5.74) is 9.39. The Kier molecular flexibility index (Phi) is 6.42. The van der Waals surface area contributed by atoms with Crippen LogP contribution in [0.3, 0.4) is 0 Å². The van der Waals surface area contributed by atoms with Gasteiger partial charge in [0.2, 0.25) is 0 Å². The molecule has 234 valence electrons. The first-order chi connectivity index (χ1) is 24.8. The van der Waals surface area contributed by atoms with Crippen LogP contribution in [0.25, 0.3) is 89.2 Å². The fourth-order valence-corrected chi connectivity index (χ4v) is 7.42. The van der Waals surface area contributed by atoms with Crippen molar-refractivity contribution in [2.75, 3.05) is 0 Å². The molecule has 3 aromatic heterocycles. The zero-order valence-electron chi connectivity index (χ0n) is 27.0. The predicted octanol–water partition coefficient (Wildman–Crippen LogP) is 11.1. The van der Waals surface area contributed by atoms with Crippen molar-refractivity contribution in [3.63, 3.8) is 0 Å². The lowest BCUT2D eigenvalue weighted by atomic mass is 10.0. The SMILES string of the molecule is c1ccc(-c2nc(-c3ccccc3)nc(-c3c(-n4c5ccccc5c5ccccc54)ccc4c3c3ccccc3n4-c3ccccc3)n2)cc1. The number of nitrogens with zero attached hydrogens (tertiary/aromatic N) is 5. The summed E-state index contributed by atoms with van der Waals surface area (Å²) in [4.78, 5) is 15.7. The van der Waals surface area contributed by atoms with Gasteiger partial charge in [0.15, 0.2) is 17.5 Å². The second kappa shape index (κ2) is 11.4. The van der Waals surface area contributed by atoms with E-state index in [-0.39, 0.29) is 0 Å². The molecule has 0 amide bonds. The molecular formula is C45H29N5. The van der Waals surface area contributed by atoms with Gasteiger partial charge >= 0.3 is 0 Å². The van der Waals surface area contributed by atoms with Crippen LogP contribution in [0.5, 0.6) is 0 Å².